The van der Waals surface area contributed by atoms with Gasteiger partial charge in [-0.1, -0.05) is 45.3 Å². The number of aryl methyl sites for hydroxylation is 2. The third-order valence-corrected chi connectivity index (χ3v) is 6.41. The van der Waals surface area contributed by atoms with Gasteiger partial charge in [0.2, 0.25) is 0 Å². The maximum Gasteiger partial charge on any atom is 0.264 e. The summed E-state index contributed by atoms with van der Waals surface area (Å²) in [6, 6.07) is 12.0. The predicted octanol–water partition coefficient (Wildman–Crippen LogP) is 3.46. The molecule has 4 nitrogen and oxygen atoms in total. The van der Waals surface area contributed by atoms with Gasteiger partial charge in [-0.15, -0.1) is 0 Å². The van der Waals surface area contributed by atoms with Gasteiger partial charge in [0.15, 0.2) is 5.78 Å². The fourth-order valence-electron chi connectivity index (χ4n) is 2.63. The predicted molar refractivity (Wildman–Crippen MR) is 93.9 cm³/mol. The summed E-state index contributed by atoms with van der Waals surface area (Å²) in [5, 5.41) is 0. The van der Waals surface area contributed by atoms with E-state index in [1.807, 2.05) is 19.9 Å². The van der Waals surface area contributed by atoms with Crippen molar-refractivity contribution in [2.24, 2.45) is 0 Å². The molecule has 1 unspecified atom stereocenters. The molecule has 0 saturated carbocycles. The molecule has 0 N–H and O–H groups in total. The molecule has 1 heterocycles. The molecule has 0 bridgehead atoms. The Balaban J connectivity index is 2.15. The number of Topliss-reactive ketones (excluding diaryl/α,β-unsaturated/α-hetero) is 1. The van der Waals surface area contributed by atoms with Crippen molar-refractivity contribution in [2.75, 3.05) is 10.8 Å². The van der Waals surface area contributed by atoms with E-state index in [0.717, 1.165) is 11.1 Å². The second-order valence-corrected chi connectivity index (χ2v) is 8.67. The molecule has 1 atom stereocenters. The lowest BCUT2D eigenvalue weighted by molar-refractivity contribution is 0.0990. The Bertz CT molecular complexity index is 875. The Kier molecular flexibility index (Phi) is 4.06. The van der Waals surface area contributed by atoms with Crippen LogP contribution in [0.5, 0.6) is 0 Å². The van der Waals surface area contributed by atoms with E-state index >= 15 is 0 Å². The van der Waals surface area contributed by atoms with Crippen LogP contribution in [0.25, 0.3) is 0 Å². The van der Waals surface area contributed by atoms with Crippen LogP contribution in [0.1, 0.15) is 21.5 Å². The molecular formula is C17H16BrNO3S. The second kappa shape index (κ2) is 5.76. The fourth-order valence-corrected chi connectivity index (χ4v) is 4.85. The Labute approximate surface area is 144 Å². The van der Waals surface area contributed by atoms with Crippen molar-refractivity contribution in [2.45, 2.75) is 23.6 Å². The normalized spacial score (nSPS) is 18.0. The monoisotopic (exact) mass is 393 g/mol. The van der Waals surface area contributed by atoms with Gasteiger partial charge >= 0.3 is 0 Å². The van der Waals surface area contributed by atoms with Crippen LogP contribution in [0.15, 0.2) is 47.4 Å². The van der Waals surface area contributed by atoms with E-state index in [2.05, 4.69) is 15.9 Å². The topological polar surface area (TPSA) is 54.5 Å². The molecular weight excluding hydrogens is 378 g/mol. The van der Waals surface area contributed by atoms with Crippen molar-refractivity contribution in [1.82, 2.24) is 0 Å². The van der Waals surface area contributed by atoms with E-state index in [9.17, 15) is 13.2 Å². The SMILES string of the molecule is Cc1ccc(S(=O)(=O)N2CC(Br)C(=O)c3cc(C)ccc32)cc1. The zero-order chi connectivity index (χ0) is 16.8. The van der Waals surface area contributed by atoms with Crippen molar-refractivity contribution in [3.05, 3.63) is 59.2 Å². The van der Waals surface area contributed by atoms with Gasteiger partial charge in [-0.3, -0.25) is 9.10 Å². The fraction of sp³-hybridized carbons (Fsp3) is 0.235. The van der Waals surface area contributed by atoms with Crippen molar-refractivity contribution < 1.29 is 13.2 Å². The smallest absolute Gasteiger partial charge is 0.264 e. The minimum atomic E-state index is -3.71. The lowest BCUT2D eigenvalue weighted by Crippen LogP contribution is -2.43. The first-order valence-electron chi connectivity index (χ1n) is 7.19. The molecule has 3 rings (SSSR count). The van der Waals surface area contributed by atoms with E-state index < -0.39 is 14.9 Å². The van der Waals surface area contributed by atoms with Gasteiger partial charge in [-0.2, -0.15) is 0 Å². The summed E-state index contributed by atoms with van der Waals surface area (Å²) in [6.07, 6.45) is 0. The molecule has 2 aromatic carbocycles. The van der Waals surface area contributed by atoms with Gasteiger partial charge in [-0.25, -0.2) is 8.42 Å². The number of anilines is 1. The first kappa shape index (κ1) is 16.2. The Morgan fingerprint density at radius 1 is 1.04 bits per heavy atom. The number of alkyl halides is 1. The molecule has 1 aliphatic rings. The number of ketones is 1. The van der Waals surface area contributed by atoms with E-state index in [4.69, 9.17) is 0 Å². The van der Waals surface area contributed by atoms with Gasteiger partial charge in [-0.05, 0) is 38.1 Å². The lowest BCUT2D eigenvalue weighted by Gasteiger charge is -2.32. The van der Waals surface area contributed by atoms with Crippen molar-refractivity contribution in [3.8, 4) is 0 Å². The summed E-state index contributed by atoms with van der Waals surface area (Å²) in [7, 11) is -3.71. The number of benzene rings is 2. The standard InChI is InChI=1S/C17H16BrNO3S/c1-11-3-6-13(7-4-11)23(21,22)19-10-15(18)17(20)14-9-12(2)5-8-16(14)19/h3-9,15H,10H2,1-2H3. The molecule has 23 heavy (non-hydrogen) atoms. The molecule has 0 aromatic heterocycles. The molecule has 1 aliphatic heterocycles. The van der Waals surface area contributed by atoms with Gasteiger partial charge in [0.25, 0.3) is 10.0 Å². The van der Waals surface area contributed by atoms with E-state index in [-0.39, 0.29) is 17.2 Å². The lowest BCUT2D eigenvalue weighted by atomic mass is 10.00. The van der Waals surface area contributed by atoms with Gasteiger partial charge in [0.1, 0.15) is 0 Å². The number of hydrogen-bond donors (Lipinski definition) is 0. The molecule has 0 saturated heterocycles. The molecule has 0 radical (unpaired) electrons. The van der Waals surface area contributed by atoms with Crippen LogP contribution >= 0.6 is 15.9 Å². The number of carbonyl (C=O) groups is 1. The largest absolute Gasteiger partial charge is 0.293 e. The third kappa shape index (κ3) is 2.81. The zero-order valence-electron chi connectivity index (χ0n) is 12.8. The molecule has 6 heteroatoms. The summed E-state index contributed by atoms with van der Waals surface area (Å²) in [6.45, 7) is 3.87. The highest BCUT2D eigenvalue weighted by Crippen LogP contribution is 2.34. The Morgan fingerprint density at radius 3 is 2.30 bits per heavy atom. The summed E-state index contributed by atoms with van der Waals surface area (Å²) in [5.41, 5.74) is 2.80. The van der Waals surface area contributed by atoms with Crippen LogP contribution in [0.4, 0.5) is 5.69 Å². The highest BCUT2D eigenvalue weighted by atomic mass is 79.9. The van der Waals surface area contributed by atoms with Crippen LogP contribution in [-0.4, -0.2) is 25.6 Å². The van der Waals surface area contributed by atoms with Crippen molar-refractivity contribution in [3.63, 3.8) is 0 Å². The molecule has 0 aliphatic carbocycles. The van der Waals surface area contributed by atoms with Crippen LogP contribution < -0.4 is 4.31 Å². The Morgan fingerprint density at radius 2 is 1.65 bits per heavy atom. The highest BCUT2D eigenvalue weighted by Gasteiger charge is 2.36. The average molecular weight is 394 g/mol. The zero-order valence-corrected chi connectivity index (χ0v) is 15.2. The van der Waals surface area contributed by atoms with Crippen LogP contribution in [-0.2, 0) is 10.0 Å². The molecule has 120 valence electrons. The van der Waals surface area contributed by atoms with Gasteiger partial charge < -0.3 is 0 Å². The number of halogens is 1. The number of rotatable bonds is 2. The minimum absolute atomic E-state index is 0.0842. The molecule has 0 spiro atoms. The first-order valence-corrected chi connectivity index (χ1v) is 9.54. The minimum Gasteiger partial charge on any atom is -0.293 e. The summed E-state index contributed by atoms with van der Waals surface area (Å²) in [5.74, 6) is -0.0842. The number of hydrogen-bond acceptors (Lipinski definition) is 3. The highest BCUT2D eigenvalue weighted by molar-refractivity contribution is 9.10. The summed E-state index contributed by atoms with van der Waals surface area (Å²) >= 11 is 3.31. The van der Waals surface area contributed by atoms with Crippen molar-refractivity contribution >= 4 is 37.4 Å². The summed E-state index contributed by atoms with van der Waals surface area (Å²) in [4.78, 5) is 12.0. The van der Waals surface area contributed by atoms with Crippen molar-refractivity contribution in [1.29, 1.82) is 0 Å². The maximum absolute atomic E-state index is 13.0. The van der Waals surface area contributed by atoms with E-state index in [1.54, 1.807) is 36.4 Å². The van der Waals surface area contributed by atoms with Crippen LogP contribution in [0, 0.1) is 13.8 Å². The molecule has 2 aromatic rings. The van der Waals surface area contributed by atoms with E-state index in [0.29, 0.717) is 11.3 Å². The summed E-state index contributed by atoms with van der Waals surface area (Å²) < 4.78 is 27.3. The van der Waals surface area contributed by atoms with Crippen LogP contribution in [0.2, 0.25) is 0 Å². The van der Waals surface area contributed by atoms with Gasteiger partial charge in [0.05, 0.1) is 22.0 Å². The number of fused-ring (bicyclic) bond motifs is 1. The third-order valence-electron chi connectivity index (χ3n) is 3.91. The molecule has 0 amide bonds. The first-order chi connectivity index (χ1) is 10.8. The molecule has 0 fully saturated rings. The number of nitrogens with zero attached hydrogens (tertiary/aromatic N) is 1. The van der Waals surface area contributed by atoms with Crippen LogP contribution in [0.3, 0.4) is 0 Å². The Hall–Kier alpha value is -1.66. The quantitative estimate of drug-likeness (QED) is 0.734. The van der Waals surface area contributed by atoms with Gasteiger partial charge in [0, 0.05) is 5.56 Å². The maximum atomic E-state index is 13.0. The number of sulfonamides is 1. The number of carbonyl (C=O) groups excluding carboxylic acids is 1. The average Bonchev–Trinajstić information content (AvgIpc) is 2.51. The second-order valence-electron chi connectivity index (χ2n) is 5.70. The van der Waals surface area contributed by atoms with E-state index in [1.165, 1.54) is 4.31 Å².